The molecule has 0 unspecified atom stereocenters. The number of carbonyl (C=O) groups excluding carboxylic acids is 1. The topological polar surface area (TPSA) is 81.3 Å². The lowest BCUT2D eigenvalue weighted by Gasteiger charge is -2.26. The number of nitrogens with one attached hydrogen (secondary N) is 1. The molecule has 0 aliphatic carbocycles. The highest BCUT2D eigenvalue weighted by Gasteiger charge is 2.37. The van der Waals surface area contributed by atoms with E-state index in [1.807, 2.05) is 54.6 Å². The van der Waals surface area contributed by atoms with Gasteiger partial charge in [0.2, 0.25) is 5.17 Å². The van der Waals surface area contributed by atoms with Crippen LogP contribution >= 0.6 is 11.8 Å². The monoisotopic (exact) mass is 445 g/mol. The van der Waals surface area contributed by atoms with E-state index in [9.17, 15) is 4.79 Å². The second-order valence-corrected chi connectivity index (χ2v) is 8.73. The molecule has 1 fully saturated rings. The third-order valence-corrected chi connectivity index (χ3v) is 6.48. The van der Waals surface area contributed by atoms with Crippen LogP contribution in [-0.2, 0) is 11.4 Å². The average molecular weight is 446 g/mol. The first-order valence-corrected chi connectivity index (χ1v) is 11.5. The van der Waals surface area contributed by atoms with E-state index in [1.165, 1.54) is 23.2 Å². The number of hydrogen-bond donors (Lipinski definition) is 1. The van der Waals surface area contributed by atoms with Crippen LogP contribution in [0.25, 0.3) is 6.08 Å². The Bertz CT molecular complexity index is 1120. The van der Waals surface area contributed by atoms with Crippen molar-refractivity contribution >= 4 is 39.9 Å². The number of aliphatic imine (C=N–C) groups is 1. The second-order valence-electron chi connectivity index (χ2n) is 7.79. The van der Waals surface area contributed by atoms with Gasteiger partial charge in [0.15, 0.2) is 11.0 Å². The van der Waals surface area contributed by atoms with Crippen molar-refractivity contribution in [3.8, 4) is 5.75 Å². The van der Waals surface area contributed by atoms with Gasteiger partial charge in [-0.05, 0) is 60.4 Å². The first kappa shape index (κ1) is 20.5. The van der Waals surface area contributed by atoms with Gasteiger partial charge in [-0.3, -0.25) is 10.2 Å². The summed E-state index contributed by atoms with van der Waals surface area (Å²) in [7, 11) is 0. The minimum atomic E-state index is -0.409. The van der Waals surface area contributed by atoms with E-state index in [2.05, 4.69) is 15.0 Å². The summed E-state index contributed by atoms with van der Waals surface area (Å²) in [4.78, 5) is 19.0. The number of rotatable bonds is 4. The SMILES string of the molecule is N=C1/C(=C\c2ccc(OCc3ccccc3)cc2)C(=O)N=C2SC(N3CCCCC3)=NN12. The number of ether oxygens (including phenoxy) is 1. The Morgan fingerprint density at radius 3 is 2.50 bits per heavy atom. The van der Waals surface area contributed by atoms with Gasteiger partial charge in [-0.25, -0.2) is 0 Å². The molecule has 0 bridgehead atoms. The highest BCUT2D eigenvalue weighted by molar-refractivity contribution is 8.26. The van der Waals surface area contributed by atoms with Crippen molar-refractivity contribution in [3.05, 3.63) is 71.3 Å². The molecule has 0 spiro atoms. The zero-order valence-corrected chi connectivity index (χ0v) is 18.3. The molecule has 1 saturated heterocycles. The number of likely N-dealkylation sites (tertiary alicyclic amines) is 1. The number of amidine groups is 3. The number of amides is 1. The van der Waals surface area contributed by atoms with Gasteiger partial charge >= 0.3 is 0 Å². The Morgan fingerprint density at radius 2 is 1.75 bits per heavy atom. The number of thioether (sulfide) groups is 1. The smallest absolute Gasteiger partial charge is 0.283 e. The molecule has 1 amide bonds. The van der Waals surface area contributed by atoms with Crippen molar-refractivity contribution in [2.45, 2.75) is 25.9 Å². The minimum Gasteiger partial charge on any atom is -0.489 e. The summed E-state index contributed by atoms with van der Waals surface area (Å²) >= 11 is 1.37. The van der Waals surface area contributed by atoms with Gasteiger partial charge in [-0.2, -0.15) is 10.0 Å². The van der Waals surface area contributed by atoms with E-state index in [0.29, 0.717) is 11.8 Å². The number of nitrogens with zero attached hydrogens (tertiary/aromatic N) is 4. The van der Waals surface area contributed by atoms with Crippen LogP contribution in [0.2, 0.25) is 0 Å². The lowest BCUT2D eigenvalue weighted by molar-refractivity contribution is -0.114. The minimum absolute atomic E-state index is 0.0592. The molecule has 3 heterocycles. The Kier molecular flexibility index (Phi) is 5.77. The predicted molar refractivity (Wildman–Crippen MR) is 128 cm³/mol. The molecule has 32 heavy (non-hydrogen) atoms. The molecular formula is C24H23N5O2S. The van der Waals surface area contributed by atoms with Crippen LogP contribution in [0.1, 0.15) is 30.4 Å². The van der Waals surface area contributed by atoms with E-state index in [4.69, 9.17) is 10.1 Å². The summed E-state index contributed by atoms with van der Waals surface area (Å²) in [5.41, 5.74) is 2.13. The fourth-order valence-electron chi connectivity index (χ4n) is 3.76. The molecule has 2 aromatic rings. The molecule has 162 valence electrons. The Balaban J connectivity index is 1.29. The van der Waals surface area contributed by atoms with Crippen molar-refractivity contribution in [1.82, 2.24) is 9.91 Å². The summed E-state index contributed by atoms with van der Waals surface area (Å²) in [6, 6.07) is 17.4. The zero-order valence-electron chi connectivity index (χ0n) is 17.5. The molecular weight excluding hydrogens is 422 g/mol. The first-order chi connectivity index (χ1) is 15.7. The van der Waals surface area contributed by atoms with Crippen LogP contribution in [0.5, 0.6) is 5.75 Å². The number of fused-ring (bicyclic) bond motifs is 1. The van der Waals surface area contributed by atoms with Gasteiger partial charge in [0.05, 0.1) is 5.57 Å². The number of benzene rings is 2. The lowest BCUT2D eigenvalue weighted by atomic mass is 10.1. The van der Waals surface area contributed by atoms with E-state index in [0.717, 1.165) is 48.0 Å². The Morgan fingerprint density at radius 1 is 1.00 bits per heavy atom. The predicted octanol–water partition coefficient (Wildman–Crippen LogP) is 4.33. The molecule has 3 aliphatic rings. The third kappa shape index (κ3) is 4.31. The normalized spacial score (nSPS) is 19.7. The van der Waals surface area contributed by atoms with Gasteiger partial charge in [-0.15, -0.1) is 5.10 Å². The van der Waals surface area contributed by atoms with Crippen molar-refractivity contribution in [1.29, 1.82) is 5.41 Å². The van der Waals surface area contributed by atoms with Crippen molar-refractivity contribution in [2.24, 2.45) is 10.1 Å². The molecule has 1 N–H and O–H groups in total. The molecule has 3 aliphatic heterocycles. The van der Waals surface area contributed by atoms with Crippen LogP contribution in [0.3, 0.4) is 0 Å². The first-order valence-electron chi connectivity index (χ1n) is 10.7. The molecule has 8 heteroatoms. The van der Waals surface area contributed by atoms with Gasteiger partial charge in [0, 0.05) is 13.1 Å². The van der Waals surface area contributed by atoms with Crippen LogP contribution in [0, 0.1) is 5.41 Å². The Labute approximate surface area is 191 Å². The number of hydrazone groups is 1. The summed E-state index contributed by atoms with van der Waals surface area (Å²) in [6.07, 6.45) is 5.19. The summed E-state index contributed by atoms with van der Waals surface area (Å²) < 4.78 is 5.82. The van der Waals surface area contributed by atoms with Crippen LogP contribution < -0.4 is 4.74 Å². The van der Waals surface area contributed by atoms with Crippen LogP contribution in [0.15, 0.2) is 70.3 Å². The van der Waals surface area contributed by atoms with Crippen molar-refractivity contribution < 1.29 is 9.53 Å². The average Bonchev–Trinajstić information content (AvgIpc) is 3.27. The van der Waals surface area contributed by atoms with Gasteiger partial charge in [0.25, 0.3) is 5.91 Å². The number of piperidine rings is 1. The van der Waals surface area contributed by atoms with Crippen LogP contribution in [-0.4, -0.2) is 45.1 Å². The lowest BCUT2D eigenvalue weighted by Crippen LogP contribution is -2.35. The maximum atomic E-state index is 12.6. The molecule has 0 radical (unpaired) electrons. The highest BCUT2D eigenvalue weighted by Crippen LogP contribution is 2.30. The van der Waals surface area contributed by atoms with E-state index >= 15 is 0 Å². The van der Waals surface area contributed by atoms with E-state index in [1.54, 1.807) is 6.08 Å². The van der Waals surface area contributed by atoms with Gasteiger partial charge in [0.1, 0.15) is 12.4 Å². The second kappa shape index (κ2) is 9.00. The van der Waals surface area contributed by atoms with E-state index in [-0.39, 0.29) is 11.4 Å². The van der Waals surface area contributed by atoms with Crippen LogP contribution in [0.4, 0.5) is 0 Å². The third-order valence-electron chi connectivity index (χ3n) is 5.51. The molecule has 5 rings (SSSR count). The fraction of sp³-hybridized carbons (Fsp3) is 0.250. The Hall–Kier alpha value is -3.39. The molecule has 0 aromatic heterocycles. The highest BCUT2D eigenvalue weighted by atomic mass is 32.2. The summed E-state index contributed by atoms with van der Waals surface area (Å²) in [5, 5.41) is 15.9. The molecule has 0 saturated carbocycles. The van der Waals surface area contributed by atoms with Gasteiger partial charge < -0.3 is 9.64 Å². The van der Waals surface area contributed by atoms with E-state index < -0.39 is 5.91 Å². The fourth-order valence-corrected chi connectivity index (χ4v) is 4.71. The quantitative estimate of drug-likeness (QED) is 0.709. The largest absolute Gasteiger partial charge is 0.489 e. The molecule has 2 aromatic carbocycles. The molecule has 7 nitrogen and oxygen atoms in total. The maximum Gasteiger partial charge on any atom is 0.283 e. The summed E-state index contributed by atoms with van der Waals surface area (Å²) in [5.74, 6) is 0.394. The standard InChI is InChI=1S/C24H23N5O2S/c25-21-20(15-17-9-11-19(12-10-17)31-16-18-7-3-1-4-8-18)22(30)26-23-29(21)27-24(32-23)28-13-5-2-6-14-28/h1,3-4,7-12,15,25H,2,5-6,13-14,16H2/b20-15+,25-21?. The van der Waals surface area contributed by atoms with Crippen molar-refractivity contribution in [2.75, 3.05) is 13.1 Å². The number of carbonyl (C=O) groups is 1. The van der Waals surface area contributed by atoms with Crippen molar-refractivity contribution in [3.63, 3.8) is 0 Å². The van der Waals surface area contributed by atoms with Gasteiger partial charge in [-0.1, -0.05) is 42.5 Å². The summed E-state index contributed by atoms with van der Waals surface area (Å²) in [6.45, 7) is 2.40. The zero-order chi connectivity index (χ0) is 21.9. The molecule has 0 atom stereocenters. The number of hydrogen-bond acceptors (Lipinski definition) is 6. The maximum absolute atomic E-state index is 12.6.